The van der Waals surface area contributed by atoms with Gasteiger partial charge in [0.25, 0.3) is 11.6 Å². The first-order valence-corrected chi connectivity index (χ1v) is 7.12. The molecule has 2 rings (SSSR count). The zero-order chi connectivity index (χ0) is 17.0. The minimum atomic E-state index is -0.498. The Morgan fingerprint density at radius 2 is 1.87 bits per heavy atom. The number of ether oxygens (including phenoxy) is 1. The van der Waals surface area contributed by atoms with E-state index in [0.29, 0.717) is 11.3 Å². The highest BCUT2D eigenvalue weighted by molar-refractivity contribution is 5.94. The summed E-state index contributed by atoms with van der Waals surface area (Å²) in [4.78, 5) is 22.4. The molecule has 1 unspecified atom stereocenters. The van der Waals surface area contributed by atoms with E-state index in [4.69, 9.17) is 4.74 Å². The molecule has 2 aromatic carbocycles. The second kappa shape index (κ2) is 6.91. The summed E-state index contributed by atoms with van der Waals surface area (Å²) in [6.07, 6.45) is 0. The van der Waals surface area contributed by atoms with Crippen LogP contribution in [-0.2, 0) is 0 Å². The summed E-state index contributed by atoms with van der Waals surface area (Å²) >= 11 is 0. The highest BCUT2D eigenvalue weighted by Crippen LogP contribution is 2.26. The number of carbonyl (C=O) groups is 1. The average Bonchev–Trinajstić information content (AvgIpc) is 2.54. The van der Waals surface area contributed by atoms with Crippen LogP contribution in [0.4, 0.5) is 5.69 Å². The number of amides is 1. The third-order valence-corrected chi connectivity index (χ3v) is 3.54. The number of methoxy groups -OCH3 is 1. The maximum Gasteiger partial charge on any atom is 0.269 e. The maximum absolute atomic E-state index is 12.3. The Morgan fingerprint density at radius 1 is 1.22 bits per heavy atom. The Kier molecular flexibility index (Phi) is 4.95. The zero-order valence-electron chi connectivity index (χ0n) is 13.2. The van der Waals surface area contributed by atoms with Gasteiger partial charge < -0.3 is 10.1 Å². The van der Waals surface area contributed by atoms with E-state index in [9.17, 15) is 14.9 Å². The van der Waals surface area contributed by atoms with Crippen LogP contribution in [0.25, 0.3) is 0 Å². The first-order chi connectivity index (χ1) is 10.9. The molecule has 6 nitrogen and oxygen atoms in total. The van der Waals surface area contributed by atoms with Crippen LogP contribution in [-0.4, -0.2) is 17.9 Å². The number of benzene rings is 2. The van der Waals surface area contributed by atoms with Crippen LogP contribution in [0.1, 0.15) is 34.5 Å². The van der Waals surface area contributed by atoms with Crippen LogP contribution in [0.15, 0.2) is 42.5 Å². The molecule has 0 spiro atoms. The smallest absolute Gasteiger partial charge is 0.269 e. The molecule has 0 bridgehead atoms. The molecule has 2 aromatic rings. The molecule has 0 aliphatic heterocycles. The molecule has 6 heteroatoms. The molecule has 120 valence electrons. The third-order valence-electron chi connectivity index (χ3n) is 3.54. The fraction of sp³-hybridized carbons (Fsp3) is 0.235. The molecule has 0 saturated carbocycles. The fourth-order valence-corrected chi connectivity index (χ4v) is 2.28. The van der Waals surface area contributed by atoms with Crippen molar-refractivity contribution in [2.24, 2.45) is 0 Å². The lowest BCUT2D eigenvalue weighted by atomic mass is 10.0. The van der Waals surface area contributed by atoms with Gasteiger partial charge in [0.2, 0.25) is 0 Å². The standard InChI is InChI=1S/C17H18N2O4/c1-11-4-9-16(23-3)15(10-11)12(2)18-17(20)13-5-7-14(8-6-13)19(21)22/h4-10,12H,1-3H3,(H,18,20). The molecule has 0 heterocycles. The Hall–Kier alpha value is -2.89. The van der Waals surface area contributed by atoms with E-state index in [1.165, 1.54) is 24.3 Å². The van der Waals surface area contributed by atoms with Gasteiger partial charge in [0.05, 0.1) is 18.1 Å². The second-order valence-corrected chi connectivity index (χ2v) is 5.24. The fourth-order valence-electron chi connectivity index (χ4n) is 2.28. The van der Waals surface area contributed by atoms with E-state index in [-0.39, 0.29) is 17.6 Å². The summed E-state index contributed by atoms with van der Waals surface area (Å²) < 4.78 is 5.32. The summed E-state index contributed by atoms with van der Waals surface area (Å²) in [5.74, 6) is 0.406. The lowest BCUT2D eigenvalue weighted by Crippen LogP contribution is -2.27. The monoisotopic (exact) mass is 314 g/mol. The van der Waals surface area contributed by atoms with E-state index in [1.54, 1.807) is 7.11 Å². The van der Waals surface area contributed by atoms with Crippen molar-refractivity contribution in [2.45, 2.75) is 19.9 Å². The first-order valence-electron chi connectivity index (χ1n) is 7.12. The van der Waals surface area contributed by atoms with Crippen molar-refractivity contribution < 1.29 is 14.5 Å². The molecule has 0 fully saturated rings. The topological polar surface area (TPSA) is 81.5 Å². The van der Waals surface area contributed by atoms with Gasteiger partial charge in [-0.2, -0.15) is 0 Å². The highest BCUT2D eigenvalue weighted by atomic mass is 16.6. The van der Waals surface area contributed by atoms with Gasteiger partial charge in [-0.15, -0.1) is 0 Å². The van der Waals surface area contributed by atoms with Gasteiger partial charge in [-0.25, -0.2) is 0 Å². The van der Waals surface area contributed by atoms with Crippen LogP contribution >= 0.6 is 0 Å². The van der Waals surface area contributed by atoms with Gasteiger partial charge >= 0.3 is 0 Å². The van der Waals surface area contributed by atoms with Gasteiger partial charge in [0.15, 0.2) is 0 Å². The number of carbonyl (C=O) groups excluding carboxylic acids is 1. The van der Waals surface area contributed by atoms with Crippen molar-refractivity contribution in [2.75, 3.05) is 7.11 Å². The molecule has 0 aliphatic carbocycles. The molecule has 1 amide bonds. The van der Waals surface area contributed by atoms with Crippen LogP contribution < -0.4 is 10.1 Å². The number of nitrogens with zero attached hydrogens (tertiary/aromatic N) is 1. The Morgan fingerprint density at radius 3 is 2.43 bits per heavy atom. The summed E-state index contributed by atoms with van der Waals surface area (Å²) in [5.41, 5.74) is 2.27. The summed E-state index contributed by atoms with van der Waals surface area (Å²) in [6.45, 7) is 3.83. The van der Waals surface area contributed by atoms with Crippen molar-refractivity contribution >= 4 is 11.6 Å². The lowest BCUT2D eigenvalue weighted by molar-refractivity contribution is -0.384. The van der Waals surface area contributed by atoms with Gasteiger partial charge in [-0.05, 0) is 32.0 Å². The molecule has 0 radical (unpaired) electrons. The number of aryl methyl sites for hydroxylation is 1. The molecular weight excluding hydrogens is 296 g/mol. The van der Waals surface area contributed by atoms with E-state index >= 15 is 0 Å². The van der Waals surface area contributed by atoms with Crippen LogP contribution in [0.2, 0.25) is 0 Å². The Bertz CT molecular complexity index is 726. The number of hydrogen-bond acceptors (Lipinski definition) is 4. The Balaban J connectivity index is 2.16. The van der Waals surface area contributed by atoms with Crippen molar-refractivity contribution in [1.82, 2.24) is 5.32 Å². The summed E-state index contributed by atoms with van der Waals surface area (Å²) in [5, 5.41) is 13.5. The number of nitro benzene ring substituents is 1. The maximum atomic E-state index is 12.3. The number of nitrogens with one attached hydrogen (secondary N) is 1. The molecule has 1 N–H and O–H groups in total. The first kappa shape index (κ1) is 16.5. The van der Waals surface area contributed by atoms with Crippen LogP contribution in [0.5, 0.6) is 5.75 Å². The van der Waals surface area contributed by atoms with Gasteiger partial charge in [-0.3, -0.25) is 14.9 Å². The molecule has 1 atom stereocenters. The van der Waals surface area contributed by atoms with Gasteiger partial charge in [-0.1, -0.05) is 17.7 Å². The third kappa shape index (κ3) is 3.85. The largest absolute Gasteiger partial charge is 0.496 e. The second-order valence-electron chi connectivity index (χ2n) is 5.24. The van der Waals surface area contributed by atoms with Crippen molar-refractivity contribution in [1.29, 1.82) is 0 Å². The average molecular weight is 314 g/mol. The van der Waals surface area contributed by atoms with Crippen molar-refractivity contribution in [3.05, 3.63) is 69.3 Å². The number of hydrogen-bond donors (Lipinski definition) is 1. The normalized spacial score (nSPS) is 11.6. The minimum absolute atomic E-state index is 0.0463. The van der Waals surface area contributed by atoms with Crippen LogP contribution in [0, 0.1) is 17.0 Å². The molecular formula is C17H18N2O4. The summed E-state index contributed by atoms with van der Waals surface area (Å²) in [6, 6.07) is 11.0. The van der Waals surface area contributed by atoms with Gasteiger partial charge in [0.1, 0.15) is 5.75 Å². The molecule has 0 saturated heterocycles. The molecule has 0 aromatic heterocycles. The summed E-state index contributed by atoms with van der Waals surface area (Å²) in [7, 11) is 1.58. The number of non-ortho nitro benzene ring substituents is 1. The Labute approximate surface area is 134 Å². The molecule has 23 heavy (non-hydrogen) atoms. The van der Waals surface area contributed by atoms with E-state index in [1.807, 2.05) is 32.0 Å². The lowest BCUT2D eigenvalue weighted by Gasteiger charge is -2.18. The highest BCUT2D eigenvalue weighted by Gasteiger charge is 2.16. The number of rotatable bonds is 5. The van der Waals surface area contributed by atoms with E-state index in [0.717, 1.165) is 11.1 Å². The minimum Gasteiger partial charge on any atom is -0.496 e. The predicted molar refractivity (Wildman–Crippen MR) is 86.7 cm³/mol. The van der Waals surface area contributed by atoms with Crippen LogP contribution in [0.3, 0.4) is 0 Å². The zero-order valence-corrected chi connectivity index (χ0v) is 13.2. The van der Waals surface area contributed by atoms with Gasteiger partial charge in [0, 0.05) is 23.3 Å². The molecule has 0 aliphatic rings. The number of nitro groups is 1. The predicted octanol–water partition coefficient (Wildman–Crippen LogP) is 3.40. The SMILES string of the molecule is COc1ccc(C)cc1C(C)NC(=O)c1ccc([N+](=O)[O-])cc1. The van der Waals surface area contributed by atoms with Crippen molar-refractivity contribution in [3.8, 4) is 5.75 Å². The quantitative estimate of drug-likeness (QED) is 0.677. The van der Waals surface area contributed by atoms with Crippen molar-refractivity contribution in [3.63, 3.8) is 0 Å². The van der Waals surface area contributed by atoms with E-state index < -0.39 is 4.92 Å². The van der Waals surface area contributed by atoms with E-state index in [2.05, 4.69) is 5.32 Å².